The molecule has 1 aromatic rings. The number of aromatic nitrogens is 2. The first kappa shape index (κ1) is 16.5. The second-order valence-electron chi connectivity index (χ2n) is 7.73. The Kier molecular flexibility index (Phi) is 4.47. The summed E-state index contributed by atoms with van der Waals surface area (Å²) in [6.45, 7) is 14.3. The summed E-state index contributed by atoms with van der Waals surface area (Å²) in [5.74, 6) is 0.0775. The number of aryl methyl sites for hydroxylation is 1. The van der Waals surface area contributed by atoms with Crippen LogP contribution in [0.15, 0.2) is 6.07 Å². The SMILES string of the molecule is Cc1cc(C(=O)N2CCC(N3CCNCC3)C2)nn1C(C)(C)C. The Labute approximate surface area is 138 Å². The summed E-state index contributed by atoms with van der Waals surface area (Å²) in [6, 6.07) is 2.43. The highest BCUT2D eigenvalue weighted by Crippen LogP contribution is 2.21. The number of rotatable bonds is 2. The van der Waals surface area contributed by atoms with Gasteiger partial charge in [-0.1, -0.05) is 0 Å². The Morgan fingerprint density at radius 2 is 1.96 bits per heavy atom. The van der Waals surface area contributed by atoms with E-state index in [0.29, 0.717) is 11.7 Å². The molecule has 6 nitrogen and oxygen atoms in total. The van der Waals surface area contributed by atoms with Crippen molar-refractivity contribution in [2.75, 3.05) is 39.3 Å². The number of carbonyl (C=O) groups excluding carboxylic acids is 1. The summed E-state index contributed by atoms with van der Waals surface area (Å²) in [6.07, 6.45) is 1.07. The minimum atomic E-state index is -0.100. The highest BCUT2D eigenvalue weighted by molar-refractivity contribution is 5.92. The Morgan fingerprint density at radius 3 is 2.57 bits per heavy atom. The summed E-state index contributed by atoms with van der Waals surface area (Å²) in [5.41, 5.74) is 1.52. The van der Waals surface area contributed by atoms with Gasteiger partial charge >= 0.3 is 0 Å². The number of nitrogens with one attached hydrogen (secondary N) is 1. The van der Waals surface area contributed by atoms with Crippen molar-refractivity contribution in [3.05, 3.63) is 17.5 Å². The van der Waals surface area contributed by atoms with E-state index in [1.807, 2.05) is 22.6 Å². The molecular weight excluding hydrogens is 290 g/mol. The minimum absolute atomic E-state index is 0.0775. The second kappa shape index (κ2) is 6.24. The zero-order valence-corrected chi connectivity index (χ0v) is 14.8. The van der Waals surface area contributed by atoms with Gasteiger partial charge in [-0.15, -0.1) is 0 Å². The van der Waals surface area contributed by atoms with Gasteiger partial charge < -0.3 is 10.2 Å². The van der Waals surface area contributed by atoms with E-state index < -0.39 is 0 Å². The molecule has 0 spiro atoms. The van der Waals surface area contributed by atoms with Gasteiger partial charge in [-0.3, -0.25) is 14.4 Å². The van der Waals surface area contributed by atoms with Crippen molar-refractivity contribution < 1.29 is 4.79 Å². The fourth-order valence-corrected chi connectivity index (χ4v) is 3.69. The number of likely N-dealkylation sites (tertiary alicyclic amines) is 1. The maximum absolute atomic E-state index is 12.8. The van der Waals surface area contributed by atoms with Crippen LogP contribution in [-0.2, 0) is 5.54 Å². The molecule has 2 saturated heterocycles. The predicted octanol–water partition coefficient (Wildman–Crippen LogP) is 1.07. The van der Waals surface area contributed by atoms with E-state index in [1.54, 1.807) is 0 Å². The Morgan fingerprint density at radius 1 is 1.26 bits per heavy atom. The maximum Gasteiger partial charge on any atom is 0.274 e. The quantitative estimate of drug-likeness (QED) is 0.886. The van der Waals surface area contributed by atoms with Crippen LogP contribution in [0.4, 0.5) is 0 Å². The predicted molar refractivity (Wildman–Crippen MR) is 90.7 cm³/mol. The molecule has 0 saturated carbocycles. The van der Waals surface area contributed by atoms with E-state index in [4.69, 9.17) is 0 Å². The van der Waals surface area contributed by atoms with Gasteiger partial charge in [-0.25, -0.2) is 0 Å². The highest BCUT2D eigenvalue weighted by atomic mass is 16.2. The van der Waals surface area contributed by atoms with Crippen LogP contribution in [0, 0.1) is 6.92 Å². The molecule has 23 heavy (non-hydrogen) atoms. The standard InChI is InChI=1S/C17H29N5O/c1-13-11-15(19-22(13)17(2,3)4)16(23)21-8-5-14(12-21)20-9-6-18-7-10-20/h11,14,18H,5-10,12H2,1-4H3. The normalized spacial score (nSPS) is 23.5. The fraction of sp³-hybridized carbons (Fsp3) is 0.765. The zero-order valence-electron chi connectivity index (χ0n) is 14.8. The van der Waals surface area contributed by atoms with Crippen LogP contribution in [0.2, 0.25) is 0 Å². The molecule has 6 heteroatoms. The lowest BCUT2D eigenvalue weighted by Crippen LogP contribution is -2.49. The molecule has 128 valence electrons. The number of carbonyl (C=O) groups is 1. The molecule has 0 radical (unpaired) electrons. The van der Waals surface area contributed by atoms with Crippen LogP contribution < -0.4 is 5.32 Å². The first-order valence-corrected chi connectivity index (χ1v) is 8.67. The summed E-state index contributed by atoms with van der Waals surface area (Å²) in [4.78, 5) is 17.3. The lowest BCUT2D eigenvalue weighted by atomic mass is 10.1. The number of hydrogen-bond donors (Lipinski definition) is 1. The van der Waals surface area contributed by atoms with Crippen molar-refractivity contribution in [1.29, 1.82) is 0 Å². The van der Waals surface area contributed by atoms with E-state index in [9.17, 15) is 4.79 Å². The third-order valence-corrected chi connectivity index (χ3v) is 4.86. The van der Waals surface area contributed by atoms with Gasteiger partial charge in [0.05, 0.1) is 5.54 Å². The fourth-order valence-electron chi connectivity index (χ4n) is 3.69. The minimum Gasteiger partial charge on any atom is -0.336 e. The van der Waals surface area contributed by atoms with Crippen molar-refractivity contribution in [2.45, 2.75) is 45.7 Å². The average molecular weight is 319 g/mol. The smallest absolute Gasteiger partial charge is 0.274 e. The van der Waals surface area contributed by atoms with Crippen LogP contribution >= 0.6 is 0 Å². The van der Waals surface area contributed by atoms with E-state index in [2.05, 4.69) is 36.1 Å². The number of nitrogens with zero attached hydrogens (tertiary/aromatic N) is 4. The monoisotopic (exact) mass is 319 g/mol. The van der Waals surface area contributed by atoms with Crippen molar-refractivity contribution in [3.63, 3.8) is 0 Å². The van der Waals surface area contributed by atoms with Crippen molar-refractivity contribution in [1.82, 2.24) is 24.9 Å². The first-order valence-electron chi connectivity index (χ1n) is 8.67. The van der Waals surface area contributed by atoms with E-state index in [1.165, 1.54) is 0 Å². The van der Waals surface area contributed by atoms with Crippen LogP contribution in [0.3, 0.4) is 0 Å². The zero-order chi connectivity index (χ0) is 16.6. The Bertz CT molecular complexity index is 568. The van der Waals surface area contributed by atoms with E-state index in [0.717, 1.165) is 51.4 Å². The van der Waals surface area contributed by atoms with Gasteiger partial charge in [-0.05, 0) is 40.2 Å². The molecule has 2 aliphatic heterocycles. The number of piperazine rings is 1. The van der Waals surface area contributed by atoms with E-state index in [-0.39, 0.29) is 11.4 Å². The summed E-state index contributed by atoms with van der Waals surface area (Å²) in [7, 11) is 0. The summed E-state index contributed by atoms with van der Waals surface area (Å²) >= 11 is 0. The Hall–Kier alpha value is -1.40. The van der Waals surface area contributed by atoms with Crippen LogP contribution in [0.5, 0.6) is 0 Å². The summed E-state index contributed by atoms with van der Waals surface area (Å²) in [5, 5.41) is 7.95. The molecule has 2 aliphatic rings. The van der Waals surface area contributed by atoms with Gasteiger partial charge in [0.25, 0.3) is 5.91 Å². The van der Waals surface area contributed by atoms with Crippen molar-refractivity contribution >= 4 is 5.91 Å². The molecule has 0 aromatic carbocycles. The second-order valence-corrected chi connectivity index (χ2v) is 7.73. The van der Waals surface area contributed by atoms with Crippen LogP contribution in [-0.4, -0.2) is 70.8 Å². The van der Waals surface area contributed by atoms with Gasteiger partial charge in [0.2, 0.25) is 0 Å². The number of amides is 1. The van der Waals surface area contributed by atoms with E-state index >= 15 is 0 Å². The van der Waals surface area contributed by atoms with Gasteiger partial charge in [0.1, 0.15) is 0 Å². The Balaban J connectivity index is 1.67. The molecule has 2 fully saturated rings. The maximum atomic E-state index is 12.8. The lowest BCUT2D eigenvalue weighted by Gasteiger charge is -2.32. The molecule has 3 rings (SSSR count). The van der Waals surface area contributed by atoms with Crippen molar-refractivity contribution in [2.24, 2.45) is 0 Å². The molecule has 0 aliphatic carbocycles. The van der Waals surface area contributed by atoms with Crippen molar-refractivity contribution in [3.8, 4) is 0 Å². The van der Waals surface area contributed by atoms with Crippen LogP contribution in [0.25, 0.3) is 0 Å². The topological polar surface area (TPSA) is 53.4 Å². The molecule has 1 unspecified atom stereocenters. The number of hydrogen-bond acceptors (Lipinski definition) is 4. The molecule has 1 N–H and O–H groups in total. The molecular formula is C17H29N5O. The van der Waals surface area contributed by atoms with Gasteiger partial charge in [0.15, 0.2) is 5.69 Å². The highest BCUT2D eigenvalue weighted by Gasteiger charge is 2.32. The molecule has 1 amide bonds. The molecule has 3 heterocycles. The lowest BCUT2D eigenvalue weighted by molar-refractivity contribution is 0.0766. The largest absolute Gasteiger partial charge is 0.336 e. The van der Waals surface area contributed by atoms with Gasteiger partial charge in [-0.2, -0.15) is 5.10 Å². The first-order chi connectivity index (χ1) is 10.9. The molecule has 1 aromatic heterocycles. The third kappa shape index (κ3) is 3.43. The van der Waals surface area contributed by atoms with Crippen LogP contribution in [0.1, 0.15) is 43.4 Å². The summed E-state index contributed by atoms with van der Waals surface area (Å²) < 4.78 is 1.95. The molecule has 1 atom stereocenters. The third-order valence-electron chi connectivity index (χ3n) is 4.86. The average Bonchev–Trinajstić information content (AvgIpc) is 3.13. The molecule has 0 bridgehead atoms. The van der Waals surface area contributed by atoms with Gasteiger partial charge in [0, 0.05) is 51.0 Å².